The van der Waals surface area contributed by atoms with Crippen molar-refractivity contribution in [2.45, 2.75) is 32.0 Å². The van der Waals surface area contributed by atoms with E-state index in [0.717, 1.165) is 28.8 Å². The Kier molecular flexibility index (Phi) is 5.46. The monoisotopic (exact) mass is 339 g/mol. The fourth-order valence-corrected chi connectivity index (χ4v) is 2.86. The summed E-state index contributed by atoms with van der Waals surface area (Å²) < 4.78 is 5.26. The summed E-state index contributed by atoms with van der Waals surface area (Å²) >= 11 is 0. The van der Waals surface area contributed by atoms with Gasteiger partial charge in [0, 0.05) is 19.4 Å². The van der Waals surface area contributed by atoms with Crippen LogP contribution in [0.15, 0.2) is 59.8 Å². The number of carboxylic acids is 1. The molecule has 2 aromatic carbocycles. The molecule has 1 aliphatic rings. The van der Waals surface area contributed by atoms with Crippen molar-refractivity contribution in [3.8, 4) is 0 Å². The molecule has 0 radical (unpaired) electrons. The van der Waals surface area contributed by atoms with E-state index in [-0.39, 0.29) is 6.10 Å². The van der Waals surface area contributed by atoms with Gasteiger partial charge in [-0.25, -0.2) is 4.79 Å². The highest BCUT2D eigenvalue weighted by Gasteiger charge is 2.24. The molecule has 130 valence electrons. The lowest BCUT2D eigenvalue weighted by Crippen LogP contribution is -2.26. The van der Waals surface area contributed by atoms with Crippen LogP contribution in [0.2, 0.25) is 0 Å². The summed E-state index contributed by atoms with van der Waals surface area (Å²) in [6.45, 7) is 2.17. The minimum atomic E-state index is -0.940. The Morgan fingerprint density at radius 2 is 1.96 bits per heavy atom. The summed E-state index contributed by atoms with van der Waals surface area (Å²) in [5, 5.41) is 13.4. The summed E-state index contributed by atoms with van der Waals surface area (Å²) in [6, 6.07) is 17.8. The van der Waals surface area contributed by atoms with Gasteiger partial charge in [-0.2, -0.15) is 0 Å². The number of carboxylic acid groups (broad SMARTS) is 1. The van der Waals surface area contributed by atoms with Gasteiger partial charge in [0.15, 0.2) is 12.2 Å². The van der Waals surface area contributed by atoms with Crippen LogP contribution in [0.1, 0.15) is 36.1 Å². The Morgan fingerprint density at radius 1 is 1.24 bits per heavy atom. The molecule has 1 unspecified atom stereocenters. The van der Waals surface area contributed by atoms with Crippen LogP contribution < -0.4 is 0 Å². The third-order valence-corrected chi connectivity index (χ3v) is 4.19. The summed E-state index contributed by atoms with van der Waals surface area (Å²) in [5.74, 6) is -0.940. The van der Waals surface area contributed by atoms with Gasteiger partial charge in [0.05, 0.1) is 5.71 Å². The lowest BCUT2D eigenvalue weighted by atomic mass is 9.98. The Labute approximate surface area is 146 Å². The summed E-state index contributed by atoms with van der Waals surface area (Å²) in [7, 11) is 0. The van der Waals surface area contributed by atoms with E-state index in [4.69, 9.17) is 14.7 Å². The number of carbonyl (C=O) groups is 1. The topological polar surface area (TPSA) is 68.1 Å². The van der Waals surface area contributed by atoms with E-state index in [0.29, 0.717) is 13.0 Å². The molecule has 1 heterocycles. The van der Waals surface area contributed by atoms with E-state index in [9.17, 15) is 4.79 Å². The molecule has 0 spiro atoms. The molecule has 25 heavy (non-hydrogen) atoms. The molecule has 0 saturated carbocycles. The van der Waals surface area contributed by atoms with Crippen molar-refractivity contribution < 1.29 is 19.5 Å². The fourth-order valence-electron chi connectivity index (χ4n) is 2.86. The van der Waals surface area contributed by atoms with E-state index in [1.807, 2.05) is 54.6 Å². The molecule has 2 aromatic rings. The maximum Gasteiger partial charge on any atom is 0.333 e. The summed E-state index contributed by atoms with van der Waals surface area (Å²) in [5.41, 5.74) is 3.92. The normalized spacial score (nSPS) is 17.6. The molecule has 5 nitrogen and oxygen atoms in total. The molecular formula is C20H21NO4. The van der Waals surface area contributed by atoms with Crippen LogP contribution in [0.4, 0.5) is 0 Å². The second kappa shape index (κ2) is 7.94. The van der Waals surface area contributed by atoms with Crippen molar-refractivity contribution in [2.75, 3.05) is 6.61 Å². The SMILES string of the molecule is CCO[C@@H](Cc1ccc(C2=NOC(c3ccccc3)C2)cc1)C(=O)O. The van der Waals surface area contributed by atoms with E-state index >= 15 is 0 Å². The number of ether oxygens (including phenoxy) is 1. The molecule has 0 bridgehead atoms. The van der Waals surface area contributed by atoms with Gasteiger partial charge in [0.25, 0.3) is 0 Å². The minimum Gasteiger partial charge on any atom is -0.479 e. The van der Waals surface area contributed by atoms with Crippen molar-refractivity contribution in [1.29, 1.82) is 0 Å². The zero-order valence-corrected chi connectivity index (χ0v) is 14.1. The molecule has 0 amide bonds. The first-order valence-corrected chi connectivity index (χ1v) is 8.38. The van der Waals surface area contributed by atoms with Gasteiger partial charge in [0.2, 0.25) is 0 Å². The van der Waals surface area contributed by atoms with Gasteiger partial charge in [-0.3, -0.25) is 0 Å². The second-order valence-corrected chi connectivity index (χ2v) is 5.93. The molecule has 0 aromatic heterocycles. The number of hydrogen-bond donors (Lipinski definition) is 1. The Bertz CT molecular complexity index is 740. The van der Waals surface area contributed by atoms with E-state index < -0.39 is 12.1 Å². The van der Waals surface area contributed by atoms with Crippen molar-refractivity contribution in [3.05, 3.63) is 71.3 Å². The first-order chi connectivity index (χ1) is 12.2. The van der Waals surface area contributed by atoms with Crippen molar-refractivity contribution >= 4 is 11.7 Å². The van der Waals surface area contributed by atoms with Crippen LogP contribution in [0.25, 0.3) is 0 Å². The predicted molar refractivity (Wildman–Crippen MR) is 94.6 cm³/mol. The number of oxime groups is 1. The van der Waals surface area contributed by atoms with Crippen LogP contribution in [0.5, 0.6) is 0 Å². The van der Waals surface area contributed by atoms with Gasteiger partial charge < -0.3 is 14.7 Å². The standard InChI is InChI=1S/C20H21NO4/c1-2-24-19(20(22)23)12-14-8-10-15(11-9-14)17-13-18(25-21-17)16-6-4-3-5-7-16/h3-11,18-19H,2,12-13H2,1H3,(H,22,23)/t18?,19-/m0/s1. The lowest BCUT2D eigenvalue weighted by Gasteiger charge is -2.12. The number of benzene rings is 2. The van der Waals surface area contributed by atoms with Crippen LogP contribution in [0.3, 0.4) is 0 Å². The van der Waals surface area contributed by atoms with E-state index in [1.165, 1.54) is 0 Å². The fraction of sp³-hybridized carbons (Fsp3) is 0.300. The predicted octanol–water partition coefficient (Wildman–Crippen LogP) is 3.58. The van der Waals surface area contributed by atoms with Crippen LogP contribution >= 0.6 is 0 Å². The third kappa shape index (κ3) is 4.25. The first-order valence-electron chi connectivity index (χ1n) is 8.38. The van der Waals surface area contributed by atoms with Crippen molar-refractivity contribution in [3.63, 3.8) is 0 Å². The maximum atomic E-state index is 11.2. The Morgan fingerprint density at radius 3 is 2.60 bits per heavy atom. The first kappa shape index (κ1) is 17.2. The molecular weight excluding hydrogens is 318 g/mol. The molecule has 2 atom stereocenters. The highest BCUT2D eigenvalue weighted by molar-refractivity contribution is 6.01. The molecule has 1 aliphatic heterocycles. The molecule has 3 rings (SSSR count). The van der Waals surface area contributed by atoms with E-state index in [1.54, 1.807) is 6.92 Å². The van der Waals surface area contributed by atoms with Gasteiger partial charge in [-0.15, -0.1) is 0 Å². The average molecular weight is 339 g/mol. The second-order valence-electron chi connectivity index (χ2n) is 5.93. The van der Waals surface area contributed by atoms with Crippen molar-refractivity contribution in [2.24, 2.45) is 5.16 Å². The zero-order chi connectivity index (χ0) is 17.6. The maximum absolute atomic E-state index is 11.2. The number of aliphatic carboxylic acids is 1. The highest BCUT2D eigenvalue weighted by Crippen LogP contribution is 2.29. The van der Waals surface area contributed by atoms with Crippen LogP contribution in [-0.4, -0.2) is 29.5 Å². The molecule has 0 fully saturated rings. The third-order valence-electron chi connectivity index (χ3n) is 4.19. The largest absolute Gasteiger partial charge is 0.479 e. The molecule has 1 N–H and O–H groups in total. The molecule has 0 saturated heterocycles. The smallest absolute Gasteiger partial charge is 0.333 e. The molecule has 5 heteroatoms. The average Bonchev–Trinajstić information content (AvgIpc) is 3.13. The number of hydrogen-bond acceptors (Lipinski definition) is 4. The Balaban J connectivity index is 1.64. The van der Waals surface area contributed by atoms with Crippen LogP contribution in [0, 0.1) is 0 Å². The van der Waals surface area contributed by atoms with Gasteiger partial charge in [0.1, 0.15) is 0 Å². The van der Waals surface area contributed by atoms with E-state index in [2.05, 4.69) is 5.16 Å². The number of nitrogens with zero attached hydrogens (tertiary/aromatic N) is 1. The lowest BCUT2D eigenvalue weighted by molar-refractivity contribution is -0.149. The zero-order valence-electron chi connectivity index (χ0n) is 14.1. The summed E-state index contributed by atoms with van der Waals surface area (Å²) in [4.78, 5) is 16.7. The van der Waals surface area contributed by atoms with Gasteiger partial charge >= 0.3 is 5.97 Å². The minimum absolute atomic E-state index is 0.0507. The van der Waals surface area contributed by atoms with Gasteiger partial charge in [-0.05, 0) is 23.6 Å². The number of rotatable bonds is 7. The quantitative estimate of drug-likeness (QED) is 0.837. The van der Waals surface area contributed by atoms with Crippen molar-refractivity contribution in [1.82, 2.24) is 0 Å². The summed E-state index contributed by atoms with van der Waals surface area (Å²) in [6.07, 6.45) is 0.203. The van der Waals surface area contributed by atoms with Crippen LogP contribution in [-0.2, 0) is 20.8 Å². The Hall–Kier alpha value is -2.66. The highest BCUT2D eigenvalue weighted by atomic mass is 16.6. The molecule has 0 aliphatic carbocycles. The van der Waals surface area contributed by atoms with Gasteiger partial charge in [-0.1, -0.05) is 59.8 Å².